The van der Waals surface area contributed by atoms with Crippen molar-refractivity contribution in [1.82, 2.24) is 15.0 Å². The van der Waals surface area contributed by atoms with Crippen LogP contribution in [0.1, 0.15) is 43.0 Å². The van der Waals surface area contributed by atoms with E-state index in [1.165, 1.54) is 41.5 Å². The minimum atomic E-state index is -0.313. The largest absolute Gasteiger partial charge is 0.364 e. The van der Waals surface area contributed by atoms with Gasteiger partial charge in [-0.05, 0) is 43.2 Å². The molecule has 0 saturated heterocycles. The zero-order chi connectivity index (χ0) is 18.8. The highest BCUT2D eigenvalue weighted by Crippen LogP contribution is 2.41. The summed E-state index contributed by atoms with van der Waals surface area (Å²) in [7, 11) is 3.27. The number of fused-ring (bicyclic) bond motifs is 5. The van der Waals surface area contributed by atoms with Crippen molar-refractivity contribution < 1.29 is 9.47 Å². The zero-order valence-corrected chi connectivity index (χ0v) is 17.0. The number of nitrogens with one attached hydrogen (secondary N) is 1. The van der Waals surface area contributed by atoms with E-state index in [0.29, 0.717) is 6.54 Å². The first kappa shape index (κ1) is 18.5. The van der Waals surface area contributed by atoms with E-state index < -0.39 is 0 Å². The van der Waals surface area contributed by atoms with Gasteiger partial charge in [-0.15, -0.1) is 11.3 Å². The lowest BCUT2D eigenvalue weighted by molar-refractivity contribution is -0.0914. The molecule has 27 heavy (non-hydrogen) atoms. The quantitative estimate of drug-likeness (QED) is 0.588. The predicted molar refractivity (Wildman–Crippen MR) is 110 cm³/mol. The van der Waals surface area contributed by atoms with Gasteiger partial charge in [-0.25, -0.2) is 15.0 Å². The van der Waals surface area contributed by atoms with Gasteiger partial charge in [0.2, 0.25) is 0 Å². The van der Waals surface area contributed by atoms with E-state index in [1.54, 1.807) is 31.9 Å². The molecule has 0 fully saturated rings. The van der Waals surface area contributed by atoms with Gasteiger partial charge in [-0.1, -0.05) is 13.3 Å². The first-order chi connectivity index (χ1) is 13.3. The van der Waals surface area contributed by atoms with Gasteiger partial charge in [-0.2, -0.15) is 0 Å². The van der Waals surface area contributed by atoms with Crippen molar-refractivity contribution in [3.05, 3.63) is 23.1 Å². The van der Waals surface area contributed by atoms with E-state index in [-0.39, 0.29) is 6.29 Å². The number of rotatable bonds is 8. The topological polar surface area (TPSA) is 69.2 Å². The third-order valence-electron chi connectivity index (χ3n) is 5.29. The van der Waals surface area contributed by atoms with Crippen LogP contribution < -0.4 is 5.32 Å². The number of ether oxygens (including phenoxy) is 2. The highest BCUT2D eigenvalue weighted by molar-refractivity contribution is 7.26. The average Bonchev–Trinajstić information content (AvgIpc) is 3.31. The molecule has 0 atom stereocenters. The van der Waals surface area contributed by atoms with Gasteiger partial charge in [0.15, 0.2) is 6.29 Å². The van der Waals surface area contributed by atoms with Crippen LogP contribution in [0.3, 0.4) is 0 Å². The summed E-state index contributed by atoms with van der Waals surface area (Å²) in [6.45, 7) is 2.76. The molecule has 6 nitrogen and oxygen atoms in total. The molecule has 1 aliphatic carbocycles. The highest BCUT2D eigenvalue weighted by atomic mass is 32.1. The van der Waals surface area contributed by atoms with Crippen LogP contribution in [0.15, 0.2) is 6.33 Å². The Morgan fingerprint density at radius 3 is 2.78 bits per heavy atom. The number of pyridine rings is 1. The van der Waals surface area contributed by atoms with E-state index in [9.17, 15) is 0 Å². The SMILES string of the molecule is CCCCc1nc2sc3c(NCC(OC)OC)ncnc3c2c2c1CCC2. The maximum atomic E-state index is 5.27. The van der Waals surface area contributed by atoms with Gasteiger partial charge in [0, 0.05) is 25.3 Å². The normalized spacial score (nSPS) is 13.8. The first-order valence-electron chi connectivity index (χ1n) is 9.64. The summed E-state index contributed by atoms with van der Waals surface area (Å²) in [5.41, 5.74) is 5.26. The van der Waals surface area contributed by atoms with Crippen LogP contribution in [0.4, 0.5) is 5.82 Å². The fraction of sp³-hybridized carbons (Fsp3) is 0.550. The van der Waals surface area contributed by atoms with Crippen LogP contribution >= 0.6 is 11.3 Å². The number of aryl methyl sites for hydroxylation is 2. The van der Waals surface area contributed by atoms with Crippen molar-refractivity contribution in [3.8, 4) is 0 Å². The number of hydrogen-bond acceptors (Lipinski definition) is 7. The molecule has 0 saturated carbocycles. The second-order valence-electron chi connectivity index (χ2n) is 6.94. The van der Waals surface area contributed by atoms with Crippen molar-refractivity contribution in [3.63, 3.8) is 0 Å². The molecule has 3 aromatic heterocycles. The Balaban J connectivity index is 1.80. The van der Waals surface area contributed by atoms with Crippen LogP contribution in [0.25, 0.3) is 20.4 Å². The summed E-state index contributed by atoms with van der Waals surface area (Å²) in [4.78, 5) is 15.2. The number of aromatic nitrogens is 3. The Kier molecular flexibility index (Phi) is 5.52. The monoisotopic (exact) mass is 386 g/mol. The van der Waals surface area contributed by atoms with Gasteiger partial charge in [-0.3, -0.25) is 0 Å². The van der Waals surface area contributed by atoms with Crippen molar-refractivity contribution in [1.29, 1.82) is 0 Å². The van der Waals surface area contributed by atoms with E-state index in [4.69, 9.17) is 14.5 Å². The Hall–Kier alpha value is -1.83. The zero-order valence-electron chi connectivity index (χ0n) is 16.2. The van der Waals surface area contributed by atoms with E-state index in [1.807, 2.05) is 0 Å². The van der Waals surface area contributed by atoms with Crippen molar-refractivity contribution in [2.75, 3.05) is 26.1 Å². The van der Waals surface area contributed by atoms with Gasteiger partial charge in [0.05, 0.1) is 16.8 Å². The Morgan fingerprint density at radius 1 is 1.19 bits per heavy atom. The second-order valence-corrected chi connectivity index (χ2v) is 7.94. The molecule has 0 amide bonds. The van der Waals surface area contributed by atoms with E-state index in [0.717, 1.165) is 40.1 Å². The summed E-state index contributed by atoms with van der Waals surface area (Å²) < 4.78 is 11.6. The lowest BCUT2D eigenvalue weighted by Gasteiger charge is -2.14. The number of nitrogens with zero attached hydrogens (tertiary/aromatic N) is 3. The van der Waals surface area contributed by atoms with E-state index >= 15 is 0 Å². The molecule has 1 N–H and O–H groups in total. The van der Waals surface area contributed by atoms with Crippen molar-refractivity contribution >= 4 is 37.6 Å². The fourth-order valence-corrected chi connectivity index (χ4v) is 5.04. The summed E-state index contributed by atoms with van der Waals surface area (Å²) >= 11 is 1.69. The standard InChI is InChI=1S/C20H26N4O2S/c1-4-5-9-14-12-7-6-8-13(12)16-17-18(27-20(16)24-14)19(23-11-22-17)21-10-15(25-2)26-3/h11,15H,4-10H2,1-3H3,(H,21,22,23). The molecule has 1 aliphatic rings. The molecule has 3 aromatic rings. The molecule has 0 aromatic carbocycles. The Morgan fingerprint density at radius 2 is 2.00 bits per heavy atom. The summed E-state index contributed by atoms with van der Waals surface area (Å²) in [6, 6.07) is 0. The predicted octanol–water partition coefficient (Wildman–Crippen LogP) is 4.10. The molecule has 0 aliphatic heterocycles. The van der Waals surface area contributed by atoms with Gasteiger partial charge >= 0.3 is 0 Å². The van der Waals surface area contributed by atoms with Crippen LogP contribution in [0, 0.1) is 0 Å². The van der Waals surface area contributed by atoms with E-state index in [2.05, 4.69) is 22.2 Å². The van der Waals surface area contributed by atoms with Crippen LogP contribution in [0.5, 0.6) is 0 Å². The Bertz CT molecular complexity index is 952. The molecule has 0 radical (unpaired) electrons. The van der Waals surface area contributed by atoms with Gasteiger partial charge in [0.25, 0.3) is 0 Å². The minimum absolute atomic E-state index is 0.313. The summed E-state index contributed by atoms with van der Waals surface area (Å²) in [6.07, 6.45) is 8.27. The molecule has 3 heterocycles. The number of anilines is 1. The summed E-state index contributed by atoms with van der Waals surface area (Å²) in [5.74, 6) is 0.823. The lowest BCUT2D eigenvalue weighted by atomic mass is 10.0. The number of hydrogen-bond donors (Lipinski definition) is 1. The smallest absolute Gasteiger partial charge is 0.173 e. The fourth-order valence-electron chi connectivity index (χ4n) is 3.90. The molecule has 144 valence electrons. The van der Waals surface area contributed by atoms with Crippen LogP contribution in [-0.2, 0) is 28.7 Å². The Labute approximate surface area is 163 Å². The molecule has 7 heteroatoms. The lowest BCUT2D eigenvalue weighted by Crippen LogP contribution is -2.24. The number of methoxy groups -OCH3 is 2. The third-order valence-corrected chi connectivity index (χ3v) is 6.37. The van der Waals surface area contributed by atoms with Crippen LogP contribution in [-0.4, -0.2) is 42.0 Å². The van der Waals surface area contributed by atoms with Crippen molar-refractivity contribution in [2.24, 2.45) is 0 Å². The summed E-state index contributed by atoms with van der Waals surface area (Å²) in [5, 5.41) is 4.59. The molecule has 0 spiro atoms. The molecule has 4 rings (SSSR count). The minimum Gasteiger partial charge on any atom is -0.364 e. The maximum absolute atomic E-state index is 5.27. The van der Waals surface area contributed by atoms with Crippen molar-refractivity contribution in [2.45, 2.75) is 51.7 Å². The average molecular weight is 387 g/mol. The van der Waals surface area contributed by atoms with Crippen LogP contribution in [0.2, 0.25) is 0 Å². The van der Waals surface area contributed by atoms with Gasteiger partial charge in [0.1, 0.15) is 17.0 Å². The number of thiophene rings is 1. The number of unbranched alkanes of at least 4 members (excludes halogenated alkanes) is 1. The van der Waals surface area contributed by atoms with Gasteiger partial charge < -0.3 is 14.8 Å². The first-order valence-corrected chi connectivity index (χ1v) is 10.5. The second kappa shape index (κ2) is 8.04. The molecule has 0 bridgehead atoms. The molecular formula is C20H26N4O2S. The molecular weight excluding hydrogens is 360 g/mol. The maximum Gasteiger partial charge on any atom is 0.173 e. The highest BCUT2D eigenvalue weighted by Gasteiger charge is 2.24. The molecule has 0 unspecified atom stereocenters. The third kappa shape index (κ3) is 3.39.